The van der Waals surface area contributed by atoms with Crippen molar-refractivity contribution in [2.24, 2.45) is 0 Å². The van der Waals surface area contributed by atoms with Crippen molar-refractivity contribution in [2.45, 2.75) is 39.5 Å². The molecule has 8 rings (SSSR count). The summed E-state index contributed by atoms with van der Waals surface area (Å²) >= 11 is 0. The van der Waals surface area contributed by atoms with Gasteiger partial charge < -0.3 is 4.42 Å². The van der Waals surface area contributed by atoms with Crippen LogP contribution in [0.15, 0.2) is 150 Å². The Morgan fingerprint density at radius 1 is 0.510 bits per heavy atom. The van der Waals surface area contributed by atoms with Crippen LogP contribution in [-0.4, -0.2) is 4.98 Å². The van der Waals surface area contributed by atoms with Gasteiger partial charge in [-0.05, 0) is 98.3 Å². The number of hydrogen-bond donors (Lipinski definition) is 0. The van der Waals surface area contributed by atoms with Crippen molar-refractivity contribution in [3.8, 4) is 61.8 Å². The molecule has 2 aromatic heterocycles. The van der Waals surface area contributed by atoms with Crippen LogP contribution >= 0.6 is 0 Å². The molecule has 0 aliphatic carbocycles. The van der Waals surface area contributed by atoms with Crippen molar-refractivity contribution in [1.82, 2.24) is 4.98 Å². The summed E-state index contributed by atoms with van der Waals surface area (Å²) in [4.78, 5) is 4.92. The van der Waals surface area contributed by atoms with Gasteiger partial charge in [0, 0.05) is 28.1 Å². The number of hydrogen-bond acceptors (Lipinski definition) is 3. The lowest BCUT2D eigenvalue weighted by molar-refractivity contribution is 0.670. The van der Waals surface area contributed by atoms with Crippen LogP contribution in [-0.2, 0) is 0 Å². The molecule has 0 unspecified atom stereocenters. The minimum Gasteiger partial charge on any atom is -0.455 e. The number of fused-ring (bicyclic) bond motifs is 3. The van der Waals surface area contributed by atoms with Crippen LogP contribution in [0.2, 0.25) is 0 Å². The fourth-order valence-corrected chi connectivity index (χ4v) is 7.39. The van der Waals surface area contributed by atoms with Gasteiger partial charge in [0.1, 0.15) is 11.2 Å². The highest BCUT2D eigenvalue weighted by Gasteiger charge is 2.22. The maximum Gasteiger partial charge on any atom is 0.144 e. The van der Waals surface area contributed by atoms with Crippen molar-refractivity contribution in [1.29, 1.82) is 5.26 Å². The van der Waals surface area contributed by atoms with Gasteiger partial charge >= 0.3 is 0 Å². The molecule has 0 saturated heterocycles. The van der Waals surface area contributed by atoms with E-state index < -0.39 is 0 Å². The van der Waals surface area contributed by atoms with Gasteiger partial charge in [0.15, 0.2) is 0 Å². The standard InChI is InChI=1S/C48H38N2O/c1-30(2)42-26-38(33-15-9-6-10-16-33)27-43(31(3)4)46(42)36-23-24-50-44(28-36)41-20-12-19-39-40-22-21-37(29-49)45(48(40)51-47(39)41)35-18-11-17-34(25-35)32-13-7-5-8-14-32/h5-28,30-31H,1-4H3. The van der Waals surface area contributed by atoms with Crippen molar-refractivity contribution in [3.63, 3.8) is 0 Å². The summed E-state index contributed by atoms with van der Waals surface area (Å²) in [5, 5.41) is 12.2. The Morgan fingerprint density at radius 2 is 1.10 bits per heavy atom. The third kappa shape index (κ3) is 5.79. The van der Waals surface area contributed by atoms with E-state index in [1.165, 1.54) is 27.8 Å². The van der Waals surface area contributed by atoms with E-state index in [-0.39, 0.29) is 0 Å². The largest absolute Gasteiger partial charge is 0.455 e. The summed E-state index contributed by atoms with van der Waals surface area (Å²) in [5.74, 6) is 0.648. The van der Waals surface area contributed by atoms with Crippen LogP contribution in [0, 0.1) is 11.3 Å². The number of benzene rings is 6. The van der Waals surface area contributed by atoms with E-state index in [1.807, 2.05) is 42.6 Å². The molecule has 2 heterocycles. The zero-order valence-corrected chi connectivity index (χ0v) is 29.3. The van der Waals surface area contributed by atoms with Crippen LogP contribution in [0.4, 0.5) is 0 Å². The average Bonchev–Trinajstić information content (AvgIpc) is 3.56. The molecule has 0 spiro atoms. The monoisotopic (exact) mass is 658 g/mol. The molecule has 3 nitrogen and oxygen atoms in total. The number of aromatic nitrogens is 1. The number of pyridine rings is 1. The normalized spacial score (nSPS) is 11.5. The van der Waals surface area contributed by atoms with Gasteiger partial charge in [-0.3, -0.25) is 4.98 Å². The summed E-state index contributed by atoms with van der Waals surface area (Å²) in [6.45, 7) is 9.10. The Bertz CT molecular complexity index is 2560. The molecule has 8 aromatic rings. The summed E-state index contributed by atoms with van der Waals surface area (Å²) in [5.41, 5.74) is 15.3. The number of para-hydroxylation sites is 1. The van der Waals surface area contributed by atoms with Crippen LogP contribution in [0.1, 0.15) is 56.2 Å². The van der Waals surface area contributed by atoms with Gasteiger partial charge in [0.05, 0.1) is 17.3 Å². The first-order valence-corrected chi connectivity index (χ1v) is 17.7. The quantitative estimate of drug-likeness (QED) is 0.171. The van der Waals surface area contributed by atoms with Crippen molar-refractivity contribution in [2.75, 3.05) is 0 Å². The Labute approximate surface area is 299 Å². The third-order valence-electron chi connectivity index (χ3n) is 9.92. The summed E-state index contributed by atoms with van der Waals surface area (Å²) in [6.07, 6.45) is 1.92. The highest BCUT2D eigenvalue weighted by atomic mass is 16.3. The molecule has 0 radical (unpaired) electrons. The second-order valence-electron chi connectivity index (χ2n) is 13.8. The maximum atomic E-state index is 10.3. The van der Waals surface area contributed by atoms with Gasteiger partial charge in [-0.15, -0.1) is 0 Å². The van der Waals surface area contributed by atoms with E-state index in [9.17, 15) is 5.26 Å². The van der Waals surface area contributed by atoms with Gasteiger partial charge in [-0.1, -0.05) is 131 Å². The van der Waals surface area contributed by atoms with Gasteiger partial charge in [0.25, 0.3) is 0 Å². The van der Waals surface area contributed by atoms with Crippen LogP contribution in [0.25, 0.3) is 77.7 Å². The van der Waals surface area contributed by atoms with Crippen LogP contribution < -0.4 is 0 Å². The summed E-state index contributed by atoms with van der Waals surface area (Å²) in [7, 11) is 0. The first-order chi connectivity index (χ1) is 24.9. The van der Waals surface area contributed by atoms with Crippen molar-refractivity contribution < 1.29 is 4.42 Å². The smallest absolute Gasteiger partial charge is 0.144 e. The zero-order chi connectivity index (χ0) is 35.1. The molecule has 0 saturated carbocycles. The predicted octanol–water partition coefficient (Wildman–Crippen LogP) is 13.4. The minimum absolute atomic E-state index is 0.324. The highest BCUT2D eigenvalue weighted by Crippen LogP contribution is 2.44. The van der Waals surface area contributed by atoms with Gasteiger partial charge in [-0.2, -0.15) is 5.26 Å². The van der Waals surface area contributed by atoms with E-state index in [4.69, 9.17) is 9.40 Å². The lowest BCUT2D eigenvalue weighted by atomic mass is 9.82. The minimum atomic E-state index is 0.324. The average molecular weight is 659 g/mol. The molecule has 3 heteroatoms. The second-order valence-corrected chi connectivity index (χ2v) is 13.8. The fraction of sp³-hybridized carbons (Fsp3) is 0.125. The zero-order valence-electron chi connectivity index (χ0n) is 29.3. The molecule has 51 heavy (non-hydrogen) atoms. The molecular formula is C48H38N2O. The van der Waals surface area contributed by atoms with Crippen molar-refractivity contribution >= 4 is 21.9 Å². The van der Waals surface area contributed by atoms with Gasteiger partial charge in [0.2, 0.25) is 0 Å². The van der Waals surface area contributed by atoms with E-state index in [1.54, 1.807) is 0 Å². The van der Waals surface area contributed by atoms with Crippen LogP contribution in [0.5, 0.6) is 0 Å². The number of nitriles is 1. The first kappa shape index (κ1) is 32.0. The predicted molar refractivity (Wildman–Crippen MR) is 212 cm³/mol. The summed E-state index contributed by atoms with van der Waals surface area (Å²) in [6, 6.07) is 51.0. The fourth-order valence-electron chi connectivity index (χ4n) is 7.39. The molecule has 0 bridgehead atoms. The topological polar surface area (TPSA) is 49.8 Å². The molecule has 0 aliphatic rings. The molecule has 0 atom stereocenters. The molecule has 0 aliphatic heterocycles. The number of nitrogens with zero attached hydrogens (tertiary/aromatic N) is 2. The Hall–Kier alpha value is -6.24. The molecule has 6 aromatic carbocycles. The summed E-state index contributed by atoms with van der Waals surface area (Å²) < 4.78 is 6.85. The molecule has 0 N–H and O–H groups in total. The Kier molecular flexibility index (Phi) is 8.30. The maximum absolute atomic E-state index is 10.3. The Morgan fingerprint density at radius 3 is 1.76 bits per heavy atom. The van der Waals surface area contributed by atoms with E-state index in [2.05, 4.69) is 137 Å². The van der Waals surface area contributed by atoms with E-state index in [0.717, 1.165) is 55.4 Å². The van der Waals surface area contributed by atoms with Crippen molar-refractivity contribution in [3.05, 3.63) is 162 Å². The lowest BCUT2D eigenvalue weighted by Crippen LogP contribution is -2.02. The Balaban J connectivity index is 1.30. The first-order valence-electron chi connectivity index (χ1n) is 17.7. The van der Waals surface area contributed by atoms with E-state index >= 15 is 0 Å². The number of furan rings is 1. The molecular weight excluding hydrogens is 621 g/mol. The molecule has 0 fully saturated rings. The lowest BCUT2D eigenvalue weighted by Gasteiger charge is -2.22. The molecule has 246 valence electrons. The number of rotatable bonds is 7. The van der Waals surface area contributed by atoms with E-state index in [0.29, 0.717) is 23.0 Å². The highest BCUT2D eigenvalue weighted by molar-refractivity contribution is 6.13. The molecule has 0 amide bonds. The second kappa shape index (κ2) is 13.2. The SMILES string of the molecule is CC(C)c1cc(-c2ccccc2)cc(C(C)C)c1-c1ccnc(-c2cccc3c2oc2c(-c4cccc(-c5ccccc5)c4)c(C#N)ccc23)c1. The third-order valence-corrected chi connectivity index (χ3v) is 9.92. The van der Waals surface area contributed by atoms with Crippen LogP contribution in [0.3, 0.4) is 0 Å². The van der Waals surface area contributed by atoms with Gasteiger partial charge in [-0.25, -0.2) is 0 Å².